The average Bonchev–Trinajstić information content (AvgIpc) is 2.41. The molecule has 0 amide bonds. The molecule has 1 unspecified atom stereocenters. The van der Waals surface area contributed by atoms with Crippen molar-refractivity contribution in [2.24, 2.45) is 5.73 Å². The summed E-state index contributed by atoms with van der Waals surface area (Å²) in [4.78, 5) is 5.55. The number of nitrogens with two attached hydrogens (primary N) is 1. The molecule has 0 aliphatic rings. The fraction of sp³-hybridized carbons (Fsp3) is 0.267. The van der Waals surface area contributed by atoms with Gasteiger partial charge in [-0.15, -0.1) is 0 Å². The van der Waals surface area contributed by atoms with Crippen molar-refractivity contribution in [2.75, 3.05) is 0 Å². The summed E-state index contributed by atoms with van der Waals surface area (Å²) >= 11 is 7.57. The second-order valence-corrected chi connectivity index (χ2v) is 5.97. The van der Waals surface area contributed by atoms with E-state index in [-0.39, 0.29) is 6.04 Å². The standard InChI is InChI=1S/C15H17ClN2S/c1-2-13(17)8-11-6-7-15(18-10-11)19-14-5-3-4-12(16)9-14/h3-7,9-10,13H,2,8,17H2,1H3. The first-order valence-electron chi connectivity index (χ1n) is 6.31. The SMILES string of the molecule is CCC(N)Cc1ccc(Sc2cccc(Cl)c2)nc1. The monoisotopic (exact) mass is 292 g/mol. The lowest BCUT2D eigenvalue weighted by Crippen LogP contribution is -2.21. The quantitative estimate of drug-likeness (QED) is 0.899. The third-order valence-corrected chi connectivity index (χ3v) is 4.01. The molecule has 1 aromatic heterocycles. The highest BCUT2D eigenvalue weighted by Crippen LogP contribution is 2.27. The molecular weight excluding hydrogens is 276 g/mol. The van der Waals surface area contributed by atoms with Crippen molar-refractivity contribution in [1.29, 1.82) is 0 Å². The van der Waals surface area contributed by atoms with E-state index in [1.54, 1.807) is 11.8 Å². The summed E-state index contributed by atoms with van der Waals surface area (Å²) in [7, 11) is 0. The van der Waals surface area contributed by atoms with Crippen molar-refractivity contribution in [1.82, 2.24) is 4.98 Å². The molecule has 0 saturated carbocycles. The number of hydrogen-bond donors (Lipinski definition) is 1. The number of benzene rings is 1. The molecule has 2 nitrogen and oxygen atoms in total. The number of aromatic nitrogens is 1. The van der Waals surface area contributed by atoms with E-state index in [1.807, 2.05) is 36.5 Å². The minimum atomic E-state index is 0.216. The molecule has 100 valence electrons. The average molecular weight is 293 g/mol. The Morgan fingerprint density at radius 1 is 1.32 bits per heavy atom. The smallest absolute Gasteiger partial charge is 0.101 e. The Bertz CT molecular complexity index is 528. The van der Waals surface area contributed by atoms with Gasteiger partial charge in [-0.25, -0.2) is 4.98 Å². The Labute approximate surface area is 123 Å². The summed E-state index contributed by atoms with van der Waals surface area (Å²) < 4.78 is 0. The number of rotatable bonds is 5. The summed E-state index contributed by atoms with van der Waals surface area (Å²) in [6.07, 6.45) is 3.77. The maximum atomic E-state index is 5.96. The third kappa shape index (κ3) is 4.53. The molecule has 1 heterocycles. The minimum Gasteiger partial charge on any atom is -0.327 e. The van der Waals surface area contributed by atoms with Crippen LogP contribution in [0.3, 0.4) is 0 Å². The van der Waals surface area contributed by atoms with Crippen LogP contribution in [0.5, 0.6) is 0 Å². The van der Waals surface area contributed by atoms with Crippen molar-refractivity contribution in [2.45, 2.75) is 35.7 Å². The molecule has 0 aliphatic carbocycles. The normalized spacial score (nSPS) is 12.4. The lowest BCUT2D eigenvalue weighted by atomic mass is 10.1. The van der Waals surface area contributed by atoms with Gasteiger partial charge < -0.3 is 5.73 Å². The third-order valence-electron chi connectivity index (χ3n) is 2.84. The van der Waals surface area contributed by atoms with Gasteiger partial charge in [-0.1, -0.05) is 42.4 Å². The van der Waals surface area contributed by atoms with Crippen LogP contribution in [0.4, 0.5) is 0 Å². The van der Waals surface area contributed by atoms with E-state index in [2.05, 4.69) is 18.0 Å². The van der Waals surface area contributed by atoms with E-state index >= 15 is 0 Å². The molecular formula is C15H17ClN2S. The van der Waals surface area contributed by atoms with E-state index in [1.165, 1.54) is 5.56 Å². The molecule has 1 aromatic carbocycles. The molecule has 1 atom stereocenters. The van der Waals surface area contributed by atoms with Gasteiger partial charge in [0.2, 0.25) is 0 Å². The van der Waals surface area contributed by atoms with Crippen molar-refractivity contribution in [3.63, 3.8) is 0 Å². The van der Waals surface area contributed by atoms with Gasteiger partial charge in [-0.05, 0) is 42.7 Å². The highest BCUT2D eigenvalue weighted by atomic mass is 35.5. The molecule has 0 fully saturated rings. The van der Waals surface area contributed by atoms with Crippen molar-refractivity contribution < 1.29 is 0 Å². The Kier molecular flexibility index (Phi) is 5.25. The van der Waals surface area contributed by atoms with Crippen molar-refractivity contribution in [3.05, 3.63) is 53.2 Å². The van der Waals surface area contributed by atoms with Gasteiger partial charge in [-0.3, -0.25) is 0 Å². The van der Waals surface area contributed by atoms with Crippen LogP contribution in [0.1, 0.15) is 18.9 Å². The molecule has 0 radical (unpaired) electrons. The predicted octanol–water partition coefficient (Wildman–Crippen LogP) is 4.17. The van der Waals surface area contributed by atoms with Gasteiger partial charge in [0, 0.05) is 22.2 Å². The maximum absolute atomic E-state index is 5.96. The van der Waals surface area contributed by atoms with E-state index in [4.69, 9.17) is 17.3 Å². The molecule has 4 heteroatoms. The molecule has 0 spiro atoms. The fourth-order valence-electron chi connectivity index (χ4n) is 1.69. The highest BCUT2D eigenvalue weighted by molar-refractivity contribution is 7.99. The van der Waals surface area contributed by atoms with Crippen LogP contribution in [-0.4, -0.2) is 11.0 Å². The Morgan fingerprint density at radius 2 is 2.16 bits per heavy atom. The Hall–Kier alpha value is -1.03. The molecule has 2 rings (SSSR count). The maximum Gasteiger partial charge on any atom is 0.101 e. The molecule has 0 saturated heterocycles. The summed E-state index contributed by atoms with van der Waals surface area (Å²) in [5.41, 5.74) is 7.12. The van der Waals surface area contributed by atoms with Gasteiger partial charge in [0.25, 0.3) is 0 Å². The van der Waals surface area contributed by atoms with Crippen LogP contribution >= 0.6 is 23.4 Å². The topological polar surface area (TPSA) is 38.9 Å². The first-order chi connectivity index (χ1) is 9.17. The van der Waals surface area contributed by atoms with E-state index in [0.29, 0.717) is 0 Å². The molecule has 2 aromatic rings. The zero-order chi connectivity index (χ0) is 13.7. The fourth-order valence-corrected chi connectivity index (χ4v) is 2.76. The van der Waals surface area contributed by atoms with Crippen LogP contribution in [0.25, 0.3) is 0 Å². The summed E-state index contributed by atoms with van der Waals surface area (Å²) in [5.74, 6) is 0. The van der Waals surface area contributed by atoms with Crippen LogP contribution < -0.4 is 5.73 Å². The van der Waals surface area contributed by atoms with E-state index < -0.39 is 0 Å². The van der Waals surface area contributed by atoms with Gasteiger partial charge in [0.15, 0.2) is 0 Å². The van der Waals surface area contributed by atoms with E-state index in [9.17, 15) is 0 Å². The number of pyridine rings is 1. The van der Waals surface area contributed by atoms with Gasteiger partial charge in [0.05, 0.1) is 0 Å². The molecule has 0 bridgehead atoms. The molecule has 0 aliphatic heterocycles. The summed E-state index contributed by atoms with van der Waals surface area (Å²) in [6, 6.07) is 12.1. The van der Waals surface area contributed by atoms with Gasteiger partial charge >= 0.3 is 0 Å². The van der Waals surface area contributed by atoms with Crippen molar-refractivity contribution >= 4 is 23.4 Å². The van der Waals surface area contributed by atoms with Crippen LogP contribution in [0.2, 0.25) is 5.02 Å². The van der Waals surface area contributed by atoms with Crippen LogP contribution in [-0.2, 0) is 6.42 Å². The van der Waals surface area contributed by atoms with Crippen LogP contribution in [0, 0.1) is 0 Å². The van der Waals surface area contributed by atoms with E-state index in [0.717, 1.165) is 27.8 Å². The first kappa shape index (κ1) is 14.4. The van der Waals surface area contributed by atoms with Crippen molar-refractivity contribution in [3.8, 4) is 0 Å². The lowest BCUT2D eigenvalue weighted by molar-refractivity contribution is 0.644. The Morgan fingerprint density at radius 3 is 2.79 bits per heavy atom. The highest BCUT2D eigenvalue weighted by Gasteiger charge is 2.03. The zero-order valence-corrected chi connectivity index (χ0v) is 12.4. The number of halogens is 1. The number of nitrogens with zero attached hydrogens (tertiary/aromatic N) is 1. The summed E-state index contributed by atoms with van der Waals surface area (Å²) in [6.45, 7) is 2.10. The lowest BCUT2D eigenvalue weighted by Gasteiger charge is -2.08. The Balaban J connectivity index is 2.02. The zero-order valence-electron chi connectivity index (χ0n) is 10.8. The van der Waals surface area contributed by atoms with Crippen LogP contribution in [0.15, 0.2) is 52.5 Å². The summed E-state index contributed by atoms with van der Waals surface area (Å²) in [5, 5.41) is 1.71. The van der Waals surface area contributed by atoms with Gasteiger partial charge in [-0.2, -0.15) is 0 Å². The second kappa shape index (κ2) is 6.94. The number of hydrogen-bond acceptors (Lipinski definition) is 3. The minimum absolute atomic E-state index is 0.216. The largest absolute Gasteiger partial charge is 0.327 e. The van der Waals surface area contributed by atoms with Gasteiger partial charge in [0.1, 0.15) is 5.03 Å². The predicted molar refractivity (Wildman–Crippen MR) is 81.8 cm³/mol. The first-order valence-corrected chi connectivity index (χ1v) is 7.50. The molecule has 19 heavy (non-hydrogen) atoms. The second-order valence-electron chi connectivity index (χ2n) is 4.44. The molecule has 2 N–H and O–H groups in total.